The predicted octanol–water partition coefficient (Wildman–Crippen LogP) is 5.56. The summed E-state index contributed by atoms with van der Waals surface area (Å²) in [5.41, 5.74) is 8.96. The maximum atomic E-state index is 14.8. The highest BCUT2D eigenvalue weighted by Gasteiger charge is 2.35. The Hall–Kier alpha value is -3.36. The van der Waals surface area contributed by atoms with Gasteiger partial charge in [-0.05, 0) is 55.2 Å². The normalized spacial score (nSPS) is 14.9. The van der Waals surface area contributed by atoms with Crippen molar-refractivity contribution in [1.82, 2.24) is 19.7 Å². The zero-order chi connectivity index (χ0) is 21.0. The van der Waals surface area contributed by atoms with E-state index >= 15 is 0 Å². The van der Waals surface area contributed by atoms with Gasteiger partial charge in [-0.15, -0.1) is 0 Å². The van der Waals surface area contributed by atoms with E-state index < -0.39 is 17.8 Å². The van der Waals surface area contributed by atoms with Gasteiger partial charge in [-0.1, -0.05) is 12.1 Å². The van der Waals surface area contributed by atoms with Gasteiger partial charge in [0.05, 0.1) is 5.56 Å². The van der Waals surface area contributed by atoms with Gasteiger partial charge in [0.1, 0.15) is 5.82 Å². The number of aromatic amines is 1. The van der Waals surface area contributed by atoms with Crippen LogP contribution in [0.2, 0.25) is 0 Å². The van der Waals surface area contributed by atoms with Crippen LogP contribution in [0.3, 0.4) is 0 Å². The fraction of sp³-hybridized carbons (Fsp3) is 0.238. The lowest BCUT2D eigenvalue weighted by Gasteiger charge is -2.30. The van der Waals surface area contributed by atoms with Crippen LogP contribution in [-0.4, -0.2) is 19.7 Å². The highest BCUT2D eigenvalue weighted by molar-refractivity contribution is 5.90. The number of nitrogens with two attached hydrogens (primary N) is 1. The molecule has 154 valence electrons. The first kappa shape index (κ1) is 18.7. The molecule has 0 spiro atoms. The monoisotopic (exact) mass is 415 g/mol. The molecule has 30 heavy (non-hydrogen) atoms. The average Bonchev–Trinajstić information content (AvgIpc) is 3.26. The molecule has 1 saturated carbocycles. The lowest BCUT2D eigenvalue weighted by atomic mass is 9.92. The van der Waals surface area contributed by atoms with Crippen LogP contribution in [0.25, 0.3) is 33.5 Å². The van der Waals surface area contributed by atoms with Gasteiger partial charge >= 0.3 is 6.18 Å². The van der Waals surface area contributed by atoms with E-state index in [1.165, 1.54) is 12.1 Å². The molecule has 0 saturated heterocycles. The zero-order valence-corrected chi connectivity index (χ0v) is 15.7. The standard InChI is InChI=1S/C21H17F4N5/c22-16-8-12-9-17(11-4-6-13(26)7-5-11)30(14-2-1-3-14)18(12)10-15(16)19-27-20(29-28-19)21(23,24)25/h4-10,14H,1-3,26H2,(H,27,28,29). The number of aromatic nitrogens is 4. The van der Waals surface area contributed by atoms with Gasteiger partial charge in [-0.2, -0.15) is 18.3 Å². The SMILES string of the molecule is Nc1ccc(-c2cc3cc(F)c(-c4n[nH]c(C(F)(F)F)n4)cc3n2C2CCC2)cc1. The highest BCUT2D eigenvalue weighted by Crippen LogP contribution is 2.41. The molecule has 0 aliphatic heterocycles. The Morgan fingerprint density at radius 2 is 1.80 bits per heavy atom. The van der Waals surface area contributed by atoms with Crippen molar-refractivity contribution in [2.24, 2.45) is 0 Å². The minimum atomic E-state index is -4.68. The Balaban J connectivity index is 1.69. The van der Waals surface area contributed by atoms with Crippen molar-refractivity contribution in [2.45, 2.75) is 31.5 Å². The van der Waals surface area contributed by atoms with Crippen LogP contribution in [0.5, 0.6) is 0 Å². The second kappa shape index (κ2) is 6.58. The second-order valence-electron chi connectivity index (χ2n) is 7.50. The molecule has 4 aromatic rings. The third kappa shape index (κ3) is 3.01. The summed E-state index contributed by atoms with van der Waals surface area (Å²) >= 11 is 0. The molecule has 0 unspecified atom stereocenters. The van der Waals surface area contributed by atoms with Crippen molar-refractivity contribution < 1.29 is 17.6 Å². The summed E-state index contributed by atoms with van der Waals surface area (Å²) in [7, 11) is 0. The van der Waals surface area contributed by atoms with Crippen LogP contribution >= 0.6 is 0 Å². The zero-order valence-electron chi connectivity index (χ0n) is 15.7. The molecule has 2 aromatic carbocycles. The predicted molar refractivity (Wildman–Crippen MR) is 105 cm³/mol. The Labute approximate surface area is 168 Å². The smallest absolute Gasteiger partial charge is 0.399 e. The average molecular weight is 415 g/mol. The Kier molecular flexibility index (Phi) is 4.09. The summed E-state index contributed by atoms with van der Waals surface area (Å²) in [6.07, 6.45) is -1.62. The molecule has 3 N–H and O–H groups in total. The third-order valence-electron chi connectivity index (χ3n) is 5.57. The van der Waals surface area contributed by atoms with Crippen LogP contribution in [0.15, 0.2) is 42.5 Å². The van der Waals surface area contributed by atoms with E-state index in [9.17, 15) is 17.6 Å². The first-order valence-corrected chi connectivity index (χ1v) is 9.51. The molecule has 1 fully saturated rings. The number of nitrogens with one attached hydrogen (secondary N) is 1. The Morgan fingerprint density at radius 1 is 1.07 bits per heavy atom. The molecule has 5 nitrogen and oxygen atoms in total. The van der Waals surface area contributed by atoms with E-state index in [0.29, 0.717) is 11.1 Å². The summed E-state index contributed by atoms with van der Waals surface area (Å²) in [4.78, 5) is 3.45. The molecule has 0 bridgehead atoms. The summed E-state index contributed by atoms with van der Waals surface area (Å²) in [5, 5.41) is 6.10. The van der Waals surface area contributed by atoms with E-state index in [2.05, 4.69) is 14.6 Å². The summed E-state index contributed by atoms with van der Waals surface area (Å²) in [5.74, 6) is -2.25. The minimum absolute atomic E-state index is 0.0724. The largest absolute Gasteiger partial charge is 0.451 e. The molecular weight excluding hydrogens is 398 g/mol. The number of hydrogen-bond donors (Lipinski definition) is 2. The Morgan fingerprint density at radius 3 is 2.40 bits per heavy atom. The maximum absolute atomic E-state index is 14.8. The molecule has 0 radical (unpaired) electrons. The number of rotatable bonds is 3. The maximum Gasteiger partial charge on any atom is 0.451 e. The summed E-state index contributed by atoms with van der Waals surface area (Å²) in [6.45, 7) is 0. The van der Waals surface area contributed by atoms with Gasteiger partial charge in [0.15, 0.2) is 5.82 Å². The van der Waals surface area contributed by atoms with Crippen LogP contribution in [-0.2, 0) is 6.18 Å². The first-order chi connectivity index (χ1) is 14.3. The van der Waals surface area contributed by atoms with Crippen LogP contribution < -0.4 is 5.73 Å². The third-order valence-corrected chi connectivity index (χ3v) is 5.57. The minimum Gasteiger partial charge on any atom is -0.399 e. The van der Waals surface area contributed by atoms with E-state index in [4.69, 9.17) is 5.73 Å². The molecule has 0 amide bonds. The van der Waals surface area contributed by atoms with Crippen molar-refractivity contribution >= 4 is 16.6 Å². The number of hydrogen-bond acceptors (Lipinski definition) is 3. The van der Waals surface area contributed by atoms with Gasteiger partial charge in [-0.25, -0.2) is 9.37 Å². The van der Waals surface area contributed by atoms with Crippen molar-refractivity contribution in [3.63, 3.8) is 0 Å². The van der Waals surface area contributed by atoms with E-state index in [0.717, 1.165) is 36.0 Å². The summed E-state index contributed by atoms with van der Waals surface area (Å²) in [6, 6.07) is 12.4. The molecule has 1 aliphatic rings. The number of nitrogen functional groups attached to an aromatic ring is 1. The van der Waals surface area contributed by atoms with E-state index in [1.54, 1.807) is 12.1 Å². The Bertz CT molecular complexity index is 1230. The van der Waals surface area contributed by atoms with Gasteiger partial charge in [0, 0.05) is 28.3 Å². The van der Waals surface area contributed by atoms with E-state index in [1.807, 2.05) is 23.3 Å². The lowest BCUT2D eigenvalue weighted by Crippen LogP contribution is -2.17. The number of anilines is 1. The fourth-order valence-electron chi connectivity index (χ4n) is 3.84. The van der Waals surface area contributed by atoms with Crippen LogP contribution in [0.4, 0.5) is 23.2 Å². The second-order valence-corrected chi connectivity index (χ2v) is 7.50. The van der Waals surface area contributed by atoms with Crippen molar-refractivity contribution in [3.8, 4) is 22.6 Å². The number of benzene rings is 2. The molecule has 0 atom stereocenters. The molecule has 2 aromatic heterocycles. The topological polar surface area (TPSA) is 72.5 Å². The van der Waals surface area contributed by atoms with Crippen molar-refractivity contribution in [3.05, 3.63) is 54.1 Å². The van der Waals surface area contributed by atoms with Gasteiger partial charge in [0.2, 0.25) is 5.82 Å². The van der Waals surface area contributed by atoms with Crippen molar-refractivity contribution in [1.29, 1.82) is 0 Å². The molecule has 1 aliphatic carbocycles. The fourth-order valence-corrected chi connectivity index (χ4v) is 3.84. The number of alkyl halides is 3. The lowest BCUT2D eigenvalue weighted by molar-refractivity contribution is -0.144. The van der Waals surface area contributed by atoms with Gasteiger partial charge in [-0.3, -0.25) is 5.10 Å². The van der Waals surface area contributed by atoms with Crippen LogP contribution in [0, 0.1) is 5.82 Å². The highest BCUT2D eigenvalue weighted by atomic mass is 19.4. The number of halogens is 4. The molecule has 2 heterocycles. The van der Waals surface area contributed by atoms with Crippen LogP contribution in [0.1, 0.15) is 31.1 Å². The quantitative estimate of drug-likeness (QED) is 0.340. The molecule has 5 rings (SSSR count). The number of H-pyrrole nitrogens is 1. The molecule has 9 heteroatoms. The molecular formula is C21H17F4N5. The van der Waals surface area contributed by atoms with Crippen molar-refractivity contribution in [2.75, 3.05) is 5.73 Å². The number of nitrogens with zero attached hydrogens (tertiary/aromatic N) is 3. The van der Waals surface area contributed by atoms with Gasteiger partial charge < -0.3 is 10.3 Å². The van der Waals surface area contributed by atoms with E-state index in [-0.39, 0.29) is 17.4 Å². The summed E-state index contributed by atoms with van der Waals surface area (Å²) < 4.78 is 55.6. The first-order valence-electron chi connectivity index (χ1n) is 9.51. The van der Waals surface area contributed by atoms with Gasteiger partial charge in [0.25, 0.3) is 0 Å². The number of fused-ring (bicyclic) bond motifs is 1.